The van der Waals surface area contributed by atoms with Gasteiger partial charge in [0.2, 0.25) is 0 Å². The van der Waals surface area contributed by atoms with Gasteiger partial charge in [-0.1, -0.05) is 36.9 Å². The van der Waals surface area contributed by atoms with Gasteiger partial charge >= 0.3 is 5.97 Å². The molecule has 24 heavy (non-hydrogen) atoms. The zero-order valence-corrected chi connectivity index (χ0v) is 14.8. The lowest BCUT2D eigenvalue weighted by atomic mass is 9.95. The first kappa shape index (κ1) is 18.6. The highest BCUT2D eigenvalue weighted by Crippen LogP contribution is 2.19. The Morgan fingerprint density at radius 2 is 1.88 bits per heavy atom. The van der Waals surface area contributed by atoms with Gasteiger partial charge in [0, 0.05) is 11.1 Å². The first-order chi connectivity index (χ1) is 11.5. The highest BCUT2D eigenvalue weighted by atomic mass is 35.5. The Labute approximate surface area is 147 Å². The first-order valence-corrected chi connectivity index (χ1v) is 8.76. The number of nitrogens with one attached hydrogen (secondary N) is 1. The molecule has 5 nitrogen and oxygen atoms in total. The van der Waals surface area contributed by atoms with E-state index in [0.29, 0.717) is 10.8 Å². The molecule has 0 heterocycles. The first-order valence-electron chi connectivity index (χ1n) is 8.39. The molecule has 2 rings (SSSR count). The SMILES string of the molecule is CC(OC(=O)C(C)Oc1cccc(Cl)c1)C(=O)NC1CCCCC1. The molecule has 0 saturated heterocycles. The smallest absolute Gasteiger partial charge is 0.347 e. The molecule has 0 aromatic heterocycles. The molecule has 0 radical (unpaired) electrons. The van der Waals surface area contributed by atoms with E-state index in [2.05, 4.69) is 5.32 Å². The molecule has 1 fully saturated rings. The average molecular weight is 354 g/mol. The second-order valence-electron chi connectivity index (χ2n) is 6.14. The summed E-state index contributed by atoms with van der Waals surface area (Å²) < 4.78 is 10.7. The zero-order valence-electron chi connectivity index (χ0n) is 14.1. The number of esters is 1. The number of hydrogen-bond donors (Lipinski definition) is 1. The molecule has 1 aromatic rings. The summed E-state index contributed by atoms with van der Waals surface area (Å²) in [7, 11) is 0. The van der Waals surface area contributed by atoms with Crippen molar-refractivity contribution in [3.05, 3.63) is 29.3 Å². The molecule has 1 aromatic carbocycles. The van der Waals surface area contributed by atoms with Crippen LogP contribution in [0.25, 0.3) is 0 Å². The van der Waals surface area contributed by atoms with Gasteiger partial charge in [-0.15, -0.1) is 0 Å². The highest BCUT2D eigenvalue weighted by molar-refractivity contribution is 6.30. The number of ether oxygens (including phenoxy) is 2. The predicted octanol–water partition coefficient (Wildman–Crippen LogP) is 3.49. The van der Waals surface area contributed by atoms with E-state index in [4.69, 9.17) is 21.1 Å². The third-order valence-corrected chi connectivity index (χ3v) is 4.29. The number of hydrogen-bond acceptors (Lipinski definition) is 4. The maximum absolute atomic E-state index is 12.1. The Bertz CT molecular complexity index is 572. The second-order valence-corrected chi connectivity index (χ2v) is 6.58. The van der Waals surface area contributed by atoms with Crippen molar-refractivity contribution in [2.45, 2.75) is 64.2 Å². The topological polar surface area (TPSA) is 64.6 Å². The van der Waals surface area contributed by atoms with Crippen LogP contribution in [0, 0.1) is 0 Å². The minimum absolute atomic E-state index is 0.188. The van der Waals surface area contributed by atoms with Crippen molar-refractivity contribution in [1.82, 2.24) is 5.32 Å². The van der Waals surface area contributed by atoms with E-state index in [9.17, 15) is 9.59 Å². The van der Waals surface area contributed by atoms with Crippen LogP contribution in [0.4, 0.5) is 0 Å². The van der Waals surface area contributed by atoms with Crippen LogP contribution in [0.5, 0.6) is 5.75 Å². The maximum atomic E-state index is 12.1. The Balaban J connectivity index is 1.80. The summed E-state index contributed by atoms with van der Waals surface area (Å²) in [4.78, 5) is 24.2. The fourth-order valence-corrected chi connectivity index (χ4v) is 2.86. The number of carbonyl (C=O) groups is 2. The third kappa shape index (κ3) is 5.71. The molecule has 2 unspecified atom stereocenters. The third-order valence-electron chi connectivity index (χ3n) is 4.05. The zero-order chi connectivity index (χ0) is 17.5. The summed E-state index contributed by atoms with van der Waals surface area (Å²) in [6, 6.07) is 6.96. The Morgan fingerprint density at radius 1 is 1.17 bits per heavy atom. The standard InChI is InChI=1S/C18H24ClNO4/c1-12(17(21)20-15-8-4-3-5-9-15)24-18(22)13(2)23-16-10-6-7-14(19)11-16/h6-7,10-13,15H,3-5,8-9H2,1-2H3,(H,20,21). The summed E-state index contributed by atoms with van der Waals surface area (Å²) in [6.07, 6.45) is 3.78. The molecule has 1 aliphatic carbocycles. The molecule has 132 valence electrons. The average Bonchev–Trinajstić information content (AvgIpc) is 2.55. The molecule has 0 aliphatic heterocycles. The van der Waals surface area contributed by atoms with Crippen LogP contribution in [0.2, 0.25) is 5.02 Å². The number of amides is 1. The Hall–Kier alpha value is -1.75. The van der Waals surface area contributed by atoms with Crippen LogP contribution in [0.15, 0.2) is 24.3 Å². The summed E-state index contributed by atoms with van der Waals surface area (Å²) in [6.45, 7) is 3.15. The van der Waals surface area contributed by atoms with Crippen LogP contribution in [-0.4, -0.2) is 30.1 Å². The molecule has 1 amide bonds. The molecule has 1 N–H and O–H groups in total. The van der Waals surface area contributed by atoms with Crippen molar-refractivity contribution < 1.29 is 19.1 Å². The van der Waals surface area contributed by atoms with Gasteiger partial charge in [-0.25, -0.2) is 4.79 Å². The van der Waals surface area contributed by atoms with E-state index in [1.54, 1.807) is 38.1 Å². The van der Waals surface area contributed by atoms with E-state index < -0.39 is 18.2 Å². The minimum atomic E-state index is -0.843. The Kier molecular flexibility index (Phi) is 6.91. The van der Waals surface area contributed by atoms with Gasteiger partial charge in [-0.05, 0) is 44.9 Å². The lowest BCUT2D eigenvalue weighted by Crippen LogP contribution is -2.44. The predicted molar refractivity (Wildman–Crippen MR) is 92.1 cm³/mol. The van der Waals surface area contributed by atoms with Gasteiger partial charge < -0.3 is 14.8 Å². The fourth-order valence-electron chi connectivity index (χ4n) is 2.68. The number of benzene rings is 1. The monoisotopic (exact) mass is 353 g/mol. The van der Waals surface area contributed by atoms with E-state index in [0.717, 1.165) is 25.7 Å². The largest absolute Gasteiger partial charge is 0.479 e. The number of rotatable bonds is 6. The van der Waals surface area contributed by atoms with E-state index in [1.807, 2.05) is 0 Å². The van der Waals surface area contributed by atoms with Crippen molar-refractivity contribution in [1.29, 1.82) is 0 Å². The number of carbonyl (C=O) groups excluding carboxylic acids is 2. The molecular weight excluding hydrogens is 330 g/mol. The van der Waals surface area contributed by atoms with Crippen molar-refractivity contribution in [3.63, 3.8) is 0 Å². The molecule has 1 aliphatic rings. The van der Waals surface area contributed by atoms with Crippen LogP contribution >= 0.6 is 11.6 Å². The van der Waals surface area contributed by atoms with Gasteiger partial charge in [0.15, 0.2) is 12.2 Å². The summed E-state index contributed by atoms with van der Waals surface area (Å²) in [5.74, 6) is -0.363. The quantitative estimate of drug-likeness (QED) is 0.795. The van der Waals surface area contributed by atoms with Crippen molar-refractivity contribution in [3.8, 4) is 5.75 Å². The molecule has 2 atom stereocenters. The molecule has 0 spiro atoms. The highest BCUT2D eigenvalue weighted by Gasteiger charge is 2.25. The van der Waals surface area contributed by atoms with E-state index in [-0.39, 0.29) is 11.9 Å². The van der Waals surface area contributed by atoms with Crippen LogP contribution in [0.3, 0.4) is 0 Å². The summed E-state index contributed by atoms with van der Waals surface area (Å²) in [5, 5.41) is 3.47. The van der Waals surface area contributed by atoms with Crippen LogP contribution < -0.4 is 10.1 Å². The van der Waals surface area contributed by atoms with Crippen LogP contribution in [0.1, 0.15) is 46.0 Å². The summed E-state index contributed by atoms with van der Waals surface area (Å²) in [5.41, 5.74) is 0. The normalized spacial score (nSPS) is 17.6. The van der Waals surface area contributed by atoms with Gasteiger partial charge in [-0.3, -0.25) is 4.79 Å². The van der Waals surface area contributed by atoms with Crippen molar-refractivity contribution >= 4 is 23.5 Å². The minimum Gasteiger partial charge on any atom is -0.479 e. The maximum Gasteiger partial charge on any atom is 0.347 e. The van der Waals surface area contributed by atoms with Gasteiger partial charge in [0.1, 0.15) is 5.75 Å². The van der Waals surface area contributed by atoms with Gasteiger partial charge in [0.05, 0.1) is 0 Å². The summed E-state index contributed by atoms with van der Waals surface area (Å²) >= 11 is 5.88. The lowest BCUT2D eigenvalue weighted by Gasteiger charge is -2.24. The van der Waals surface area contributed by atoms with Crippen LogP contribution in [-0.2, 0) is 14.3 Å². The van der Waals surface area contributed by atoms with E-state index in [1.165, 1.54) is 6.42 Å². The van der Waals surface area contributed by atoms with E-state index >= 15 is 0 Å². The molecular formula is C18H24ClNO4. The van der Waals surface area contributed by atoms with Gasteiger partial charge in [-0.2, -0.15) is 0 Å². The second kappa shape index (κ2) is 8.92. The molecule has 0 bridgehead atoms. The van der Waals surface area contributed by atoms with Crippen molar-refractivity contribution in [2.24, 2.45) is 0 Å². The molecule has 1 saturated carbocycles. The Morgan fingerprint density at radius 3 is 2.54 bits per heavy atom. The van der Waals surface area contributed by atoms with Gasteiger partial charge in [0.25, 0.3) is 5.91 Å². The molecule has 6 heteroatoms. The fraction of sp³-hybridized carbons (Fsp3) is 0.556. The number of halogens is 1. The lowest BCUT2D eigenvalue weighted by molar-refractivity contribution is -0.161. The van der Waals surface area contributed by atoms with Crippen molar-refractivity contribution in [2.75, 3.05) is 0 Å².